The van der Waals surface area contributed by atoms with E-state index in [9.17, 15) is 0 Å². The summed E-state index contributed by atoms with van der Waals surface area (Å²) in [5, 5.41) is 0. The van der Waals surface area contributed by atoms with Crippen LogP contribution in [0.15, 0.2) is 12.4 Å². The molecule has 1 aromatic heterocycles. The van der Waals surface area contributed by atoms with E-state index >= 15 is 0 Å². The van der Waals surface area contributed by atoms with Crippen molar-refractivity contribution in [1.82, 2.24) is 9.97 Å². The third kappa shape index (κ3) is 4.27. The maximum Gasteiger partial charge on any atom is 0.134 e. The minimum Gasteiger partial charge on any atom is -0.359 e. The fourth-order valence-corrected chi connectivity index (χ4v) is 3.21. The molecular weight excluding hydrogens is 256 g/mol. The van der Waals surface area contributed by atoms with Gasteiger partial charge in [-0.2, -0.15) is 11.8 Å². The van der Waals surface area contributed by atoms with Crippen LogP contribution in [0.4, 0.5) is 11.6 Å². The van der Waals surface area contributed by atoms with Gasteiger partial charge in [-0.3, -0.25) is 0 Å². The van der Waals surface area contributed by atoms with Crippen LogP contribution in [0.5, 0.6) is 0 Å². The van der Waals surface area contributed by atoms with Crippen molar-refractivity contribution >= 4 is 23.4 Å². The van der Waals surface area contributed by atoms with Crippen LogP contribution in [0, 0.1) is 5.41 Å². The van der Waals surface area contributed by atoms with Gasteiger partial charge in [0.25, 0.3) is 0 Å². The highest BCUT2D eigenvalue weighted by Gasteiger charge is 2.17. The second-order valence-electron chi connectivity index (χ2n) is 6.25. The van der Waals surface area contributed by atoms with Crippen molar-refractivity contribution in [2.24, 2.45) is 5.41 Å². The molecule has 0 saturated carbocycles. The topological polar surface area (TPSA) is 32.3 Å². The highest BCUT2D eigenvalue weighted by atomic mass is 32.2. The molecule has 106 valence electrons. The lowest BCUT2D eigenvalue weighted by Crippen LogP contribution is -2.34. The van der Waals surface area contributed by atoms with Crippen LogP contribution < -0.4 is 9.80 Å². The van der Waals surface area contributed by atoms with Crippen molar-refractivity contribution in [3.8, 4) is 0 Å². The van der Waals surface area contributed by atoms with Crippen LogP contribution in [-0.4, -0.2) is 48.2 Å². The third-order valence-corrected chi connectivity index (χ3v) is 4.02. The quantitative estimate of drug-likeness (QED) is 0.849. The van der Waals surface area contributed by atoms with Gasteiger partial charge in [-0.1, -0.05) is 20.8 Å². The molecule has 0 bridgehead atoms. The predicted octanol–water partition coefficient (Wildman–Crippen LogP) is 2.51. The van der Waals surface area contributed by atoms with Crippen LogP contribution in [0.1, 0.15) is 20.8 Å². The zero-order valence-corrected chi connectivity index (χ0v) is 13.2. The monoisotopic (exact) mass is 280 g/mol. The first-order valence-electron chi connectivity index (χ1n) is 6.81. The lowest BCUT2D eigenvalue weighted by molar-refractivity contribution is 0.417. The summed E-state index contributed by atoms with van der Waals surface area (Å²) in [6.07, 6.45) is 1.69. The normalized spacial score (nSPS) is 16.5. The molecule has 0 aromatic carbocycles. The summed E-state index contributed by atoms with van der Waals surface area (Å²) < 4.78 is 0. The van der Waals surface area contributed by atoms with Gasteiger partial charge in [0, 0.05) is 44.3 Å². The minimum absolute atomic E-state index is 0.266. The van der Waals surface area contributed by atoms with Gasteiger partial charge in [-0.15, -0.1) is 0 Å². The Morgan fingerprint density at radius 2 is 1.95 bits per heavy atom. The largest absolute Gasteiger partial charge is 0.359 e. The highest BCUT2D eigenvalue weighted by Crippen LogP contribution is 2.22. The van der Waals surface area contributed by atoms with Gasteiger partial charge in [0.2, 0.25) is 0 Å². The summed E-state index contributed by atoms with van der Waals surface area (Å²) in [4.78, 5) is 13.4. The Bertz CT molecular complexity index is 410. The SMILES string of the molecule is CN(CC(C)(C)C)c1cc(N2CCSCC2)ncn1. The van der Waals surface area contributed by atoms with Gasteiger partial charge in [-0.05, 0) is 5.41 Å². The number of hydrogen-bond acceptors (Lipinski definition) is 5. The smallest absolute Gasteiger partial charge is 0.134 e. The Labute approximate surface area is 120 Å². The molecule has 0 aliphatic carbocycles. The van der Waals surface area contributed by atoms with E-state index in [0.717, 1.165) is 31.3 Å². The van der Waals surface area contributed by atoms with Crippen molar-refractivity contribution < 1.29 is 0 Å². The number of nitrogens with zero attached hydrogens (tertiary/aromatic N) is 4. The number of thioether (sulfide) groups is 1. The molecule has 0 N–H and O–H groups in total. The summed E-state index contributed by atoms with van der Waals surface area (Å²) in [5.41, 5.74) is 0.266. The molecule has 2 heterocycles. The average Bonchev–Trinajstić information content (AvgIpc) is 2.38. The van der Waals surface area contributed by atoms with E-state index in [-0.39, 0.29) is 5.41 Å². The minimum atomic E-state index is 0.266. The summed E-state index contributed by atoms with van der Waals surface area (Å²) in [5.74, 6) is 4.46. The molecule has 2 rings (SSSR count). The van der Waals surface area contributed by atoms with Crippen LogP contribution in [0.3, 0.4) is 0 Å². The first-order chi connectivity index (χ1) is 8.96. The van der Waals surface area contributed by atoms with Crippen LogP contribution >= 0.6 is 11.8 Å². The van der Waals surface area contributed by atoms with Gasteiger partial charge >= 0.3 is 0 Å². The molecule has 1 aliphatic heterocycles. The molecule has 0 radical (unpaired) electrons. The molecular formula is C14H24N4S. The van der Waals surface area contributed by atoms with Crippen LogP contribution in [0.2, 0.25) is 0 Å². The molecule has 0 spiro atoms. The Morgan fingerprint density at radius 3 is 2.58 bits per heavy atom. The van der Waals surface area contributed by atoms with Crippen molar-refractivity contribution in [3.05, 3.63) is 12.4 Å². The lowest BCUT2D eigenvalue weighted by atomic mass is 9.96. The second kappa shape index (κ2) is 5.99. The van der Waals surface area contributed by atoms with Gasteiger partial charge in [-0.25, -0.2) is 9.97 Å². The van der Waals surface area contributed by atoms with Crippen molar-refractivity contribution in [3.63, 3.8) is 0 Å². The molecule has 5 heteroatoms. The van der Waals surface area contributed by atoms with Gasteiger partial charge < -0.3 is 9.80 Å². The zero-order chi connectivity index (χ0) is 13.9. The van der Waals surface area contributed by atoms with E-state index in [2.05, 4.69) is 53.7 Å². The summed E-state index contributed by atoms with van der Waals surface area (Å²) in [6.45, 7) is 9.89. The fraction of sp³-hybridized carbons (Fsp3) is 0.714. The third-order valence-electron chi connectivity index (χ3n) is 3.08. The Morgan fingerprint density at radius 1 is 1.26 bits per heavy atom. The first kappa shape index (κ1) is 14.4. The number of aromatic nitrogens is 2. The number of anilines is 2. The van der Waals surface area contributed by atoms with E-state index < -0.39 is 0 Å². The Kier molecular flexibility index (Phi) is 4.55. The van der Waals surface area contributed by atoms with Gasteiger partial charge in [0.05, 0.1) is 0 Å². The molecule has 1 aliphatic rings. The molecule has 0 amide bonds. The Balaban J connectivity index is 2.09. The first-order valence-corrected chi connectivity index (χ1v) is 7.97. The fourth-order valence-electron chi connectivity index (χ4n) is 2.30. The zero-order valence-electron chi connectivity index (χ0n) is 12.4. The summed E-state index contributed by atoms with van der Waals surface area (Å²) in [7, 11) is 2.10. The van der Waals surface area contributed by atoms with Crippen molar-refractivity contribution in [1.29, 1.82) is 0 Å². The van der Waals surface area contributed by atoms with Crippen molar-refractivity contribution in [2.45, 2.75) is 20.8 Å². The molecule has 1 saturated heterocycles. The average molecular weight is 280 g/mol. The highest BCUT2D eigenvalue weighted by molar-refractivity contribution is 7.99. The number of rotatable bonds is 3. The predicted molar refractivity (Wildman–Crippen MR) is 84.3 cm³/mol. The van der Waals surface area contributed by atoms with E-state index in [1.165, 1.54) is 11.5 Å². The molecule has 0 unspecified atom stereocenters. The van der Waals surface area contributed by atoms with Crippen LogP contribution in [-0.2, 0) is 0 Å². The Hall–Kier alpha value is -0.970. The maximum atomic E-state index is 4.42. The van der Waals surface area contributed by atoms with E-state index in [4.69, 9.17) is 0 Å². The van der Waals surface area contributed by atoms with Crippen molar-refractivity contribution in [2.75, 3.05) is 48.0 Å². The molecule has 0 atom stereocenters. The van der Waals surface area contributed by atoms with E-state index in [1.54, 1.807) is 6.33 Å². The summed E-state index contributed by atoms with van der Waals surface area (Å²) in [6, 6.07) is 2.11. The molecule has 4 nitrogen and oxygen atoms in total. The molecule has 1 fully saturated rings. The molecule has 19 heavy (non-hydrogen) atoms. The van der Waals surface area contributed by atoms with Crippen LogP contribution in [0.25, 0.3) is 0 Å². The lowest BCUT2D eigenvalue weighted by Gasteiger charge is -2.30. The standard InChI is InChI=1S/C14H24N4S/c1-14(2,3)10-17(4)12-9-13(16-11-15-12)18-5-7-19-8-6-18/h9,11H,5-8,10H2,1-4H3. The maximum absolute atomic E-state index is 4.42. The van der Waals surface area contributed by atoms with E-state index in [1.807, 2.05) is 11.8 Å². The second-order valence-corrected chi connectivity index (χ2v) is 7.48. The van der Waals surface area contributed by atoms with Gasteiger partial charge in [0.15, 0.2) is 0 Å². The summed E-state index contributed by atoms with van der Waals surface area (Å²) >= 11 is 2.02. The number of hydrogen-bond donors (Lipinski definition) is 0. The van der Waals surface area contributed by atoms with E-state index in [0.29, 0.717) is 0 Å². The molecule has 1 aromatic rings. The van der Waals surface area contributed by atoms with Gasteiger partial charge in [0.1, 0.15) is 18.0 Å².